The number of aromatic nitrogens is 1. The van der Waals surface area contributed by atoms with Crippen molar-refractivity contribution in [2.24, 2.45) is 0 Å². The summed E-state index contributed by atoms with van der Waals surface area (Å²) in [5.41, 5.74) is 11.8. The van der Waals surface area contributed by atoms with E-state index in [4.69, 9.17) is 8.83 Å². The van der Waals surface area contributed by atoms with Gasteiger partial charge in [-0.1, -0.05) is 146 Å². The fourth-order valence-electron chi connectivity index (χ4n) is 9.13. The first-order valence-electron chi connectivity index (χ1n) is 18.8. The standard InChI is InChI=1S/C52H31NO2/c1-3-16-32(17-4-1)52-51(42-31-46-41(30-47(42)55-52)34-20-12-14-29-45(34)54-46)50-37-23-9-7-21-35(37)48(36-22-8-10-24-38(36)50)40-26-15-28-44-49(40)39-25-11-13-27-43(39)53(44)33-18-5-2-6-19-33/h1-31H. The summed E-state index contributed by atoms with van der Waals surface area (Å²) in [5, 5.41) is 10.4. The second kappa shape index (κ2) is 11.6. The molecular formula is C52H31NO2. The molecule has 0 atom stereocenters. The van der Waals surface area contributed by atoms with Gasteiger partial charge in [-0.25, -0.2) is 0 Å². The van der Waals surface area contributed by atoms with Crippen LogP contribution in [0.25, 0.3) is 116 Å². The SMILES string of the molecule is c1ccc(-c2oc3cc4c(cc3c2-c2c3ccccc3c(-c3cccc5c3c3ccccc3n5-c3ccccc3)c3ccccc23)oc2ccccc24)cc1. The first-order chi connectivity index (χ1) is 27.3. The first kappa shape index (κ1) is 30.1. The average Bonchev–Trinajstić information content (AvgIpc) is 3.92. The molecule has 0 aliphatic rings. The van der Waals surface area contributed by atoms with Gasteiger partial charge in [-0.05, 0) is 75.1 Å². The van der Waals surface area contributed by atoms with Crippen molar-refractivity contribution in [3.8, 4) is 39.3 Å². The van der Waals surface area contributed by atoms with Crippen LogP contribution in [0.5, 0.6) is 0 Å². The van der Waals surface area contributed by atoms with Gasteiger partial charge in [-0.2, -0.15) is 0 Å². The number of benzene rings is 9. The van der Waals surface area contributed by atoms with E-state index in [0.29, 0.717) is 0 Å². The van der Waals surface area contributed by atoms with Crippen LogP contribution in [0, 0.1) is 0 Å². The van der Waals surface area contributed by atoms with Crippen molar-refractivity contribution in [3.63, 3.8) is 0 Å². The van der Waals surface area contributed by atoms with E-state index in [2.05, 4.69) is 180 Å². The monoisotopic (exact) mass is 701 g/mol. The largest absolute Gasteiger partial charge is 0.456 e. The van der Waals surface area contributed by atoms with Crippen molar-refractivity contribution in [2.45, 2.75) is 0 Å². The van der Waals surface area contributed by atoms with E-state index in [0.717, 1.165) is 61.0 Å². The Morgan fingerprint density at radius 1 is 0.327 bits per heavy atom. The first-order valence-corrected chi connectivity index (χ1v) is 18.8. The molecule has 12 rings (SSSR count). The van der Waals surface area contributed by atoms with Crippen LogP contribution in [0.15, 0.2) is 197 Å². The minimum absolute atomic E-state index is 0.837. The van der Waals surface area contributed by atoms with Crippen LogP contribution >= 0.6 is 0 Å². The molecule has 3 heteroatoms. The summed E-state index contributed by atoms with van der Waals surface area (Å²) in [6, 6.07) is 67.1. The zero-order valence-corrected chi connectivity index (χ0v) is 29.7. The summed E-state index contributed by atoms with van der Waals surface area (Å²) < 4.78 is 15.9. The average molecular weight is 702 g/mol. The molecule has 0 saturated carbocycles. The summed E-state index contributed by atoms with van der Waals surface area (Å²) in [6.45, 7) is 0. The highest BCUT2D eigenvalue weighted by Crippen LogP contribution is 2.51. The third-order valence-corrected chi connectivity index (χ3v) is 11.4. The van der Waals surface area contributed by atoms with Gasteiger partial charge in [-0.3, -0.25) is 0 Å². The normalized spacial score (nSPS) is 12.0. The van der Waals surface area contributed by atoms with Crippen molar-refractivity contribution in [2.75, 3.05) is 0 Å². The lowest BCUT2D eigenvalue weighted by Crippen LogP contribution is -1.94. The zero-order chi connectivity index (χ0) is 36.0. The van der Waals surface area contributed by atoms with E-state index in [9.17, 15) is 0 Å². The molecule has 3 aromatic heterocycles. The van der Waals surface area contributed by atoms with Crippen LogP contribution in [-0.2, 0) is 0 Å². The molecule has 256 valence electrons. The number of rotatable bonds is 4. The molecule has 0 saturated heterocycles. The molecule has 0 fully saturated rings. The molecule has 12 aromatic rings. The van der Waals surface area contributed by atoms with Gasteiger partial charge in [-0.15, -0.1) is 0 Å². The highest BCUT2D eigenvalue weighted by Gasteiger charge is 2.26. The molecule has 0 radical (unpaired) electrons. The van der Waals surface area contributed by atoms with E-state index in [1.54, 1.807) is 0 Å². The smallest absolute Gasteiger partial charge is 0.143 e. The van der Waals surface area contributed by atoms with E-state index in [1.807, 2.05) is 12.1 Å². The van der Waals surface area contributed by atoms with Crippen molar-refractivity contribution in [3.05, 3.63) is 188 Å². The van der Waals surface area contributed by atoms with Crippen LogP contribution in [-0.4, -0.2) is 4.57 Å². The second-order valence-corrected chi connectivity index (χ2v) is 14.3. The maximum atomic E-state index is 6.99. The van der Waals surface area contributed by atoms with Crippen LogP contribution in [0.4, 0.5) is 0 Å². The Hall–Kier alpha value is -7.36. The quantitative estimate of drug-likeness (QED) is 0.171. The fourth-order valence-corrected chi connectivity index (χ4v) is 9.13. The van der Waals surface area contributed by atoms with Gasteiger partial charge >= 0.3 is 0 Å². The van der Waals surface area contributed by atoms with Crippen molar-refractivity contribution < 1.29 is 8.83 Å². The highest BCUT2D eigenvalue weighted by atomic mass is 16.3. The van der Waals surface area contributed by atoms with Gasteiger partial charge < -0.3 is 13.4 Å². The lowest BCUT2D eigenvalue weighted by Gasteiger charge is -2.19. The predicted octanol–water partition coefficient (Wildman–Crippen LogP) is 14.7. The lowest BCUT2D eigenvalue weighted by molar-refractivity contribution is 0.632. The molecular weight excluding hydrogens is 671 g/mol. The highest BCUT2D eigenvalue weighted by molar-refractivity contribution is 6.29. The number of nitrogens with zero attached hydrogens (tertiary/aromatic N) is 1. The molecule has 0 spiro atoms. The van der Waals surface area contributed by atoms with Crippen LogP contribution in [0.2, 0.25) is 0 Å². The van der Waals surface area contributed by atoms with E-state index in [1.165, 1.54) is 54.5 Å². The van der Waals surface area contributed by atoms with Crippen molar-refractivity contribution >= 4 is 76.3 Å². The molecule has 0 N–H and O–H groups in total. The number of para-hydroxylation sites is 3. The van der Waals surface area contributed by atoms with E-state index >= 15 is 0 Å². The Balaban J connectivity index is 1.23. The Bertz CT molecular complexity index is 3420. The van der Waals surface area contributed by atoms with Crippen LogP contribution in [0.1, 0.15) is 0 Å². The molecule has 0 bridgehead atoms. The maximum Gasteiger partial charge on any atom is 0.143 e. The van der Waals surface area contributed by atoms with Gasteiger partial charge in [0, 0.05) is 49.3 Å². The third kappa shape index (κ3) is 4.32. The maximum absolute atomic E-state index is 6.99. The predicted molar refractivity (Wildman–Crippen MR) is 229 cm³/mol. The number of furan rings is 2. The molecule has 9 aromatic carbocycles. The van der Waals surface area contributed by atoms with Crippen molar-refractivity contribution in [1.82, 2.24) is 4.57 Å². The van der Waals surface area contributed by atoms with Gasteiger partial charge in [0.25, 0.3) is 0 Å². The zero-order valence-electron chi connectivity index (χ0n) is 29.7. The minimum atomic E-state index is 0.837. The van der Waals surface area contributed by atoms with Gasteiger partial charge in [0.05, 0.1) is 11.0 Å². The summed E-state index contributed by atoms with van der Waals surface area (Å²) in [5.74, 6) is 0.851. The number of hydrogen-bond donors (Lipinski definition) is 0. The Kier molecular flexibility index (Phi) is 6.34. The van der Waals surface area contributed by atoms with Crippen molar-refractivity contribution in [1.29, 1.82) is 0 Å². The minimum Gasteiger partial charge on any atom is -0.456 e. The Morgan fingerprint density at radius 3 is 1.60 bits per heavy atom. The van der Waals surface area contributed by atoms with E-state index < -0.39 is 0 Å². The van der Waals surface area contributed by atoms with Crippen LogP contribution < -0.4 is 0 Å². The van der Waals surface area contributed by atoms with Gasteiger partial charge in [0.2, 0.25) is 0 Å². The molecule has 55 heavy (non-hydrogen) atoms. The summed E-state index contributed by atoms with van der Waals surface area (Å²) >= 11 is 0. The van der Waals surface area contributed by atoms with Gasteiger partial charge in [0.1, 0.15) is 22.5 Å². The topological polar surface area (TPSA) is 31.2 Å². The molecule has 0 amide bonds. The molecule has 0 aliphatic carbocycles. The molecule has 3 heterocycles. The Morgan fingerprint density at radius 2 is 0.873 bits per heavy atom. The van der Waals surface area contributed by atoms with Crippen LogP contribution in [0.3, 0.4) is 0 Å². The second-order valence-electron chi connectivity index (χ2n) is 14.3. The summed E-state index contributed by atoms with van der Waals surface area (Å²) in [6.07, 6.45) is 0. The summed E-state index contributed by atoms with van der Waals surface area (Å²) in [7, 11) is 0. The molecule has 3 nitrogen and oxygen atoms in total. The summed E-state index contributed by atoms with van der Waals surface area (Å²) in [4.78, 5) is 0. The van der Waals surface area contributed by atoms with Gasteiger partial charge in [0.15, 0.2) is 0 Å². The lowest BCUT2D eigenvalue weighted by atomic mass is 9.83. The molecule has 0 aliphatic heterocycles. The third-order valence-electron chi connectivity index (χ3n) is 11.4. The van der Waals surface area contributed by atoms with E-state index in [-0.39, 0.29) is 0 Å². The number of fused-ring (bicyclic) bond motifs is 9. The molecule has 0 unspecified atom stereocenters. The Labute approximate surface area is 315 Å². The number of hydrogen-bond acceptors (Lipinski definition) is 2. The fraction of sp³-hybridized carbons (Fsp3) is 0.